The fourth-order valence-corrected chi connectivity index (χ4v) is 3.06. The zero-order valence-electron chi connectivity index (χ0n) is 14.1. The third kappa shape index (κ3) is 2.74. The van der Waals surface area contributed by atoms with Gasteiger partial charge in [0.2, 0.25) is 0 Å². The molecule has 122 valence electrons. The number of para-hydroxylation sites is 1. The van der Waals surface area contributed by atoms with Crippen molar-refractivity contribution in [3.05, 3.63) is 83.4 Å². The van der Waals surface area contributed by atoms with Crippen LogP contribution in [0.1, 0.15) is 21.5 Å². The van der Waals surface area contributed by atoms with E-state index >= 15 is 0 Å². The van der Waals surface area contributed by atoms with Crippen molar-refractivity contribution < 1.29 is 9.53 Å². The molecule has 3 nitrogen and oxygen atoms in total. The second kappa shape index (κ2) is 6.02. The molecular formula is C22H17NO2. The summed E-state index contributed by atoms with van der Waals surface area (Å²) in [5.74, 6) is 0.696. The van der Waals surface area contributed by atoms with E-state index in [0.29, 0.717) is 11.1 Å². The van der Waals surface area contributed by atoms with E-state index in [-0.39, 0.29) is 5.78 Å². The zero-order valence-corrected chi connectivity index (χ0v) is 14.1. The predicted molar refractivity (Wildman–Crippen MR) is 100 cm³/mol. The Morgan fingerprint density at radius 1 is 0.920 bits per heavy atom. The molecule has 3 aromatic carbocycles. The van der Waals surface area contributed by atoms with Crippen LogP contribution < -0.4 is 4.74 Å². The monoisotopic (exact) mass is 327 g/mol. The molecule has 0 spiro atoms. The number of rotatable bonds is 3. The van der Waals surface area contributed by atoms with Gasteiger partial charge in [-0.25, -0.2) is 4.98 Å². The first-order chi connectivity index (χ1) is 12.2. The molecule has 25 heavy (non-hydrogen) atoms. The second-order valence-electron chi connectivity index (χ2n) is 6.12. The number of hydrogen-bond donors (Lipinski definition) is 0. The lowest BCUT2D eigenvalue weighted by Gasteiger charge is -2.08. The SMILES string of the molecule is COc1ccc(C(=O)c2cccc3cc4cc(C)ccc4nc23)cc1. The summed E-state index contributed by atoms with van der Waals surface area (Å²) in [7, 11) is 1.61. The Kier molecular flexibility index (Phi) is 3.69. The third-order valence-electron chi connectivity index (χ3n) is 4.39. The van der Waals surface area contributed by atoms with Gasteiger partial charge in [-0.05, 0) is 55.5 Å². The Bertz CT molecular complexity index is 1100. The Morgan fingerprint density at radius 3 is 2.48 bits per heavy atom. The van der Waals surface area contributed by atoms with E-state index in [1.54, 1.807) is 31.4 Å². The Labute approximate surface area is 145 Å². The van der Waals surface area contributed by atoms with Crippen molar-refractivity contribution in [2.24, 2.45) is 0 Å². The molecule has 4 rings (SSSR count). The summed E-state index contributed by atoms with van der Waals surface area (Å²) in [6.45, 7) is 2.06. The van der Waals surface area contributed by atoms with Crippen molar-refractivity contribution in [1.29, 1.82) is 0 Å². The number of fused-ring (bicyclic) bond motifs is 2. The van der Waals surface area contributed by atoms with Gasteiger partial charge in [0.15, 0.2) is 5.78 Å². The molecule has 3 heteroatoms. The number of carbonyl (C=O) groups excluding carboxylic acids is 1. The maximum absolute atomic E-state index is 13.0. The van der Waals surface area contributed by atoms with Crippen LogP contribution in [0.5, 0.6) is 5.75 Å². The van der Waals surface area contributed by atoms with E-state index in [1.807, 2.05) is 30.3 Å². The molecule has 0 atom stereocenters. The van der Waals surface area contributed by atoms with E-state index < -0.39 is 0 Å². The van der Waals surface area contributed by atoms with Crippen molar-refractivity contribution in [3.63, 3.8) is 0 Å². The van der Waals surface area contributed by atoms with Gasteiger partial charge in [-0.2, -0.15) is 0 Å². The molecule has 0 amide bonds. The van der Waals surface area contributed by atoms with Gasteiger partial charge in [0.1, 0.15) is 5.75 Å². The average Bonchev–Trinajstić information content (AvgIpc) is 2.65. The van der Waals surface area contributed by atoms with Crippen LogP contribution in [0.15, 0.2) is 66.7 Å². The molecule has 1 heterocycles. The molecule has 0 radical (unpaired) electrons. The van der Waals surface area contributed by atoms with E-state index in [1.165, 1.54) is 5.56 Å². The summed E-state index contributed by atoms with van der Waals surface area (Å²) in [4.78, 5) is 17.7. The molecule has 0 saturated carbocycles. The van der Waals surface area contributed by atoms with E-state index in [2.05, 4.69) is 19.1 Å². The fraction of sp³-hybridized carbons (Fsp3) is 0.0909. The normalized spacial score (nSPS) is 11.0. The number of pyridine rings is 1. The minimum absolute atomic E-state index is 0.0350. The highest BCUT2D eigenvalue weighted by atomic mass is 16.5. The number of aryl methyl sites for hydroxylation is 1. The minimum atomic E-state index is -0.0350. The maximum Gasteiger partial charge on any atom is 0.195 e. The van der Waals surface area contributed by atoms with Crippen LogP contribution in [0, 0.1) is 6.92 Å². The molecule has 0 unspecified atom stereocenters. The highest BCUT2D eigenvalue weighted by Crippen LogP contribution is 2.25. The first-order valence-corrected chi connectivity index (χ1v) is 8.14. The Balaban J connectivity index is 1.88. The van der Waals surface area contributed by atoms with Crippen molar-refractivity contribution in [2.75, 3.05) is 7.11 Å². The molecule has 0 aliphatic carbocycles. The lowest BCUT2D eigenvalue weighted by atomic mass is 9.99. The minimum Gasteiger partial charge on any atom is -0.497 e. The predicted octanol–water partition coefficient (Wildman–Crippen LogP) is 4.94. The van der Waals surface area contributed by atoms with Gasteiger partial charge in [-0.15, -0.1) is 0 Å². The molecule has 1 aromatic heterocycles. The molecule has 0 N–H and O–H groups in total. The number of carbonyl (C=O) groups is 1. The summed E-state index contributed by atoms with van der Waals surface area (Å²) in [5, 5.41) is 2.05. The Hall–Kier alpha value is -3.20. The number of aromatic nitrogens is 1. The molecule has 0 aliphatic rings. The van der Waals surface area contributed by atoms with Crippen molar-refractivity contribution in [2.45, 2.75) is 6.92 Å². The van der Waals surface area contributed by atoms with Crippen LogP contribution in [0.3, 0.4) is 0 Å². The largest absolute Gasteiger partial charge is 0.497 e. The van der Waals surface area contributed by atoms with Crippen LogP contribution in [-0.4, -0.2) is 17.9 Å². The van der Waals surface area contributed by atoms with Crippen LogP contribution in [0.2, 0.25) is 0 Å². The number of hydrogen-bond acceptors (Lipinski definition) is 3. The van der Waals surface area contributed by atoms with Crippen LogP contribution in [0.4, 0.5) is 0 Å². The summed E-state index contributed by atoms with van der Waals surface area (Å²) in [6, 6.07) is 21.1. The molecular weight excluding hydrogens is 310 g/mol. The number of nitrogens with zero attached hydrogens (tertiary/aromatic N) is 1. The van der Waals surface area contributed by atoms with E-state index in [4.69, 9.17) is 9.72 Å². The van der Waals surface area contributed by atoms with Gasteiger partial charge in [0.25, 0.3) is 0 Å². The first kappa shape index (κ1) is 15.3. The number of ketones is 1. The van der Waals surface area contributed by atoms with Crippen molar-refractivity contribution in [1.82, 2.24) is 4.98 Å². The first-order valence-electron chi connectivity index (χ1n) is 8.14. The standard InChI is InChI=1S/C22H17NO2/c1-14-6-11-20-17(12-14)13-16-4-3-5-19(21(16)23-20)22(24)15-7-9-18(25-2)10-8-15/h3-13H,1-2H3. The topological polar surface area (TPSA) is 39.2 Å². The van der Waals surface area contributed by atoms with Gasteiger partial charge in [0, 0.05) is 21.9 Å². The highest BCUT2D eigenvalue weighted by Gasteiger charge is 2.14. The average molecular weight is 327 g/mol. The molecule has 0 saturated heterocycles. The quantitative estimate of drug-likeness (QED) is 0.395. The maximum atomic E-state index is 13.0. The molecule has 0 fully saturated rings. The van der Waals surface area contributed by atoms with E-state index in [0.717, 1.165) is 27.6 Å². The summed E-state index contributed by atoms with van der Waals surface area (Å²) in [6.07, 6.45) is 0. The summed E-state index contributed by atoms with van der Waals surface area (Å²) < 4.78 is 5.16. The van der Waals surface area contributed by atoms with Gasteiger partial charge < -0.3 is 4.74 Å². The van der Waals surface area contributed by atoms with Gasteiger partial charge in [0.05, 0.1) is 18.1 Å². The third-order valence-corrected chi connectivity index (χ3v) is 4.39. The van der Waals surface area contributed by atoms with E-state index in [9.17, 15) is 4.79 Å². The van der Waals surface area contributed by atoms with Crippen molar-refractivity contribution >= 4 is 27.6 Å². The van der Waals surface area contributed by atoms with Crippen LogP contribution in [0.25, 0.3) is 21.8 Å². The van der Waals surface area contributed by atoms with Gasteiger partial charge in [-0.3, -0.25) is 4.79 Å². The number of methoxy groups -OCH3 is 1. The number of benzene rings is 3. The smallest absolute Gasteiger partial charge is 0.195 e. The fourth-order valence-electron chi connectivity index (χ4n) is 3.06. The summed E-state index contributed by atoms with van der Waals surface area (Å²) >= 11 is 0. The van der Waals surface area contributed by atoms with Crippen LogP contribution in [-0.2, 0) is 0 Å². The number of ether oxygens (including phenoxy) is 1. The zero-order chi connectivity index (χ0) is 17.4. The highest BCUT2D eigenvalue weighted by molar-refractivity contribution is 6.16. The van der Waals surface area contributed by atoms with Crippen molar-refractivity contribution in [3.8, 4) is 5.75 Å². The Morgan fingerprint density at radius 2 is 1.72 bits per heavy atom. The second-order valence-corrected chi connectivity index (χ2v) is 6.12. The molecule has 4 aromatic rings. The van der Waals surface area contributed by atoms with Gasteiger partial charge >= 0.3 is 0 Å². The lowest BCUT2D eigenvalue weighted by molar-refractivity contribution is 0.104. The lowest BCUT2D eigenvalue weighted by Crippen LogP contribution is -2.03. The van der Waals surface area contributed by atoms with Crippen LogP contribution >= 0.6 is 0 Å². The molecule has 0 bridgehead atoms. The van der Waals surface area contributed by atoms with Gasteiger partial charge in [-0.1, -0.05) is 23.8 Å². The molecule has 0 aliphatic heterocycles. The summed E-state index contributed by atoms with van der Waals surface area (Å²) in [5.41, 5.74) is 4.07.